The first-order valence-electron chi connectivity index (χ1n) is 12.3. The molecule has 0 atom stereocenters. The summed E-state index contributed by atoms with van der Waals surface area (Å²) >= 11 is 0. The van der Waals surface area contributed by atoms with Crippen LogP contribution in [0.3, 0.4) is 0 Å². The minimum atomic E-state index is -0.151. The predicted molar refractivity (Wildman–Crippen MR) is 140 cm³/mol. The maximum Gasteiger partial charge on any atom is 0.255 e. The SMILES string of the molecule is O=C(Nc1ccc(-n2ncc3cc(NC(=O)C4CC4)ccc32)cc1)c1ccc(N2CCOCC2)cc1. The third-order valence-electron chi connectivity index (χ3n) is 6.66. The second kappa shape index (κ2) is 9.47. The minimum Gasteiger partial charge on any atom is -0.378 e. The Balaban J connectivity index is 1.12. The number of hydrogen-bond donors (Lipinski definition) is 2. The Bertz CT molecular complexity index is 1400. The molecule has 182 valence electrons. The fraction of sp³-hybridized carbons (Fsp3) is 0.250. The molecule has 3 aromatic carbocycles. The second-order valence-electron chi connectivity index (χ2n) is 9.24. The number of ether oxygens (including phenoxy) is 1. The highest BCUT2D eigenvalue weighted by Crippen LogP contribution is 2.31. The van der Waals surface area contributed by atoms with Crippen LogP contribution >= 0.6 is 0 Å². The van der Waals surface area contributed by atoms with Gasteiger partial charge in [0.1, 0.15) is 0 Å². The summed E-state index contributed by atoms with van der Waals surface area (Å²) in [6.45, 7) is 3.18. The molecule has 8 nitrogen and oxygen atoms in total. The molecule has 1 saturated carbocycles. The van der Waals surface area contributed by atoms with Crippen molar-refractivity contribution in [1.29, 1.82) is 0 Å². The second-order valence-corrected chi connectivity index (χ2v) is 9.24. The van der Waals surface area contributed by atoms with Crippen LogP contribution in [0.5, 0.6) is 0 Å². The van der Waals surface area contributed by atoms with Crippen molar-refractivity contribution in [3.8, 4) is 5.69 Å². The number of anilines is 3. The number of hydrogen-bond acceptors (Lipinski definition) is 5. The Hall–Kier alpha value is -4.17. The number of rotatable bonds is 6. The van der Waals surface area contributed by atoms with Crippen LogP contribution in [-0.2, 0) is 9.53 Å². The molecule has 2 amide bonds. The number of nitrogens with one attached hydrogen (secondary N) is 2. The lowest BCUT2D eigenvalue weighted by Crippen LogP contribution is -2.36. The van der Waals surface area contributed by atoms with Gasteiger partial charge in [-0.3, -0.25) is 9.59 Å². The van der Waals surface area contributed by atoms with E-state index in [4.69, 9.17) is 4.74 Å². The predicted octanol–water partition coefficient (Wildman–Crippen LogP) is 4.46. The van der Waals surface area contributed by atoms with E-state index >= 15 is 0 Å². The highest BCUT2D eigenvalue weighted by atomic mass is 16.5. The quantitative estimate of drug-likeness (QED) is 0.424. The van der Waals surface area contributed by atoms with Gasteiger partial charge in [0.05, 0.1) is 30.6 Å². The van der Waals surface area contributed by atoms with E-state index in [2.05, 4.69) is 20.6 Å². The molecule has 0 spiro atoms. The van der Waals surface area contributed by atoms with E-state index in [1.165, 1.54) is 0 Å². The van der Waals surface area contributed by atoms with Crippen LogP contribution in [0.2, 0.25) is 0 Å². The molecule has 36 heavy (non-hydrogen) atoms. The zero-order valence-electron chi connectivity index (χ0n) is 19.8. The molecular weight excluding hydrogens is 454 g/mol. The van der Waals surface area contributed by atoms with Crippen molar-refractivity contribution in [3.63, 3.8) is 0 Å². The number of morpholine rings is 1. The van der Waals surface area contributed by atoms with Gasteiger partial charge < -0.3 is 20.3 Å². The molecule has 0 unspecified atom stereocenters. The van der Waals surface area contributed by atoms with Crippen LogP contribution < -0.4 is 15.5 Å². The van der Waals surface area contributed by atoms with Gasteiger partial charge in [-0.2, -0.15) is 5.10 Å². The van der Waals surface area contributed by atoms with Gasteiger partial charge in [-0.1, -0.05) is 0 Å². The van der Waals surface area contributed by atoms with Gasteiger partial charge in [0.25, 0.3) is 5.91 Å². The van der Waals surface area contributed by atoms with Gasteiger partial charge in [-0.25, -0.2) is 4.68 Å². The number of nitrogens with zero attached hydrogens (tertiary/aromatic N) is 3. The molecule has 4 aromatic rings. The number of amides is 2. The van der Waals surface area contributed by atoms with E-state index in [1.54, 1.807) is 6.20 Å². The molecule has 1 aliphatic carbocycles. The van der Waals surface area contributed by atoms with Crippen molar-refractivity contribution in [2.45, 2.75) is 12.8 Å². The normalized spacial score (nSPS) is 15.6. The first-order chi connectivity index (χ1) is 17.6. The number of benzene rings is 3. The Morgan fingerprint density at radius 1 is 0.833 bits per heavy atom. The smallest absolute Gasteiger partial charge is 0.255 e. The molecule has 1 aliphatic heterocycles. The zero-order valence-corrected chi connectivity index (χ0v) is 19.8. The molecule has 2 fully saturated rings. The number of fused-ring (bicyclic) bond motifs is 1. The van der Waals surface area contributed by atoms with Gasteiger partial charge >= 0.3 is 0 Å². The summed E-state index contributed by atoms with van der Waals surface area (Å²) in [7, 11) is 0. The molecule has 8 heteroatoms. The van der Waals surface area contributed by atoms with Gasteiger partial charge in [0, 0.05) is 47.0 Å². The van der Waals surface area contributed by atoms with E-state index in [0.717, 1.165) is 67.1 Å². The maximum absolute atomic E-state index is 12.8. The summed E-state index contributed by atoms with van der Waals surface area (Å²) in [6, 6.07) is 21.1. The van der Waals surface area contributed by atoms with Crippen molar-refractivity contribution >= 4 is 39.8 Å². The maximum atomic E-state index is 12.8. The molecule has 1 aromatic heterocycles. The van der Waals surface area contributed by atoms with Crippen LogP contribution in [0, 0.1) is 5.92 Å². The van der Waals surface area contributed by atoms with E-state index < -0.39 is 0 Å². The summed E-state index contributed by atoms with van der Waals surface area (Å²) in [5, 5.41) is 11.4. The van der Waals surface area contributed by atoms with Crippen molar-refractivity contribution in [1.82, 2.24) is 9.78 Å². The van der Waals surface area contributed by atoms with Gasteiger partial charge in [-0.15, -0.1) is 0 Å². The lowest BCUT2D eigenvalue weighted by molar-refractivity contribution is -0.117. The minimum absolute atomic E-state index is 0.0902. The molecule has 0 bridgehead atoms. The largest absolute Gasteiger partial charge is 0.378 e. The Kier molecular flexibility index (Phi) is 5.87. The topological polar surface area (TPSA) is 88.5 Å². The average molecular weight is 482 g/mol. The third-order valence-corrected chi connectivity index (χ3v) is 6.66. The van der Waals surface area contributed by atoms with Gasteiger partial charge in [0.2, 0.25) is 5.91 Å². The number of carbonyl (C=O) groups is 2. The molecule has 1 saturated heterocycles. The third kappa shape index (κ3) is 4.67. The molecule has 6 rings (SSSR count). The van der Waals surface area contributed by atoms with Crippen LogP contribution in [0.1, 0.15) is 23.2 Å². The Morgan fingerprint density at radius 2 is 1.53 bits per heavy atom. The van der Waals surface area contributed by atoms with Crippen molar-refractivity contribution in [3.05, 3.63) is 78.5 Å². The fourth-order valence-electron chi connectivity index (χ4n) is 4.44. The fourth-order valence-corrected chi connectivity index (χ4v) is 4.44. The van der Waals surface area contributed by atoms with E-state index in [-0.39, 0.29) is 17.7 Å². The summed E-state index contributed by atoms with van der Waals surface area (Å²) in [4.78, 5) is 27.1. The molecule has 2 aliphatic rings. The molecular formula is C28H27N5O3. The Labute approximate surface area is 208 Å². The van der Waals surface area contributed by atoms with E-state index in [9.17, 15) is 9.59 Å². The van der Waals surface area contributed by atoms with Crippen molar-refractivity contribution < 1.29 is 14.3 Å². The summed E-state index contributed by atoms with van der Waals surface area (Å²) in [6.07, 6.45) is 3.74. The summed E-state index contributed by atoms with van der Waals surface area (Å²) in [5.41, 5.74) is 5.03. The first-order valence-corrected chi connectivity index (χ1v) is 12.3. The van der Waals surface area contributed by atoms with Gasteiger partial charge in [0.15, 0.2) is 0 Å². The summed E-state index contributed by atoms with van der Waals surface area (Å²) < 4.78 is 7.25. The lowest BCUT2D eigenvalue weighted by atomic mass is 10.1. The standard InChI is InChI=1S/C28H27N5O3/c34-27(20-3-8-24(9-4-20)32-13-15-36-16-14-32)30-22-5-10-25(11-6-22)33-26-12-7-23(17-21(26)18-29-33)31-28(35)19-1-2-19/h3-12,17-19H,1-2,13-16H2,(H,30,34)(H,31,35). The van der Waals surface area contributed by atoms with Crippen LogP contribution in [0.25, 0.3) is 16.6 Å². The lowest BCUT2D eigenvalue weighted by Gasteiger charge is -2.28. The van der Waals surface area contributed by atoms with Crippen molar-refractivity contribution in [2.75, 3.05) is 41.8 Å². The highest BCUT2D eigenvalue weighted by molar-refractivity contribution is 6.04. The molecule has 2 N–H and O–H groups in total. The first kappa shape index (κ1) is 22.3. The average Bonchev–Trinajstić information content (AvgIpc) is 3.70. The molecule has 2 heterocycles. The number of carbonyl (C=O) groups excluding carboxylic acids is 2. The van der Waals surface area contributed by atoms with Crippen molar-refractivity contribution in [2.24, 2.45) is 5.92 Å². The Morgan fingerprint density at radius 3 is 2.25 bits per heavy atom. The van der Waals surface area contributed by atoms with Crippen LogP contribution in [0.15, 0.2) is 72.9 Å². The zero-order chi connectivity index (χ0) is 24.5. The van der Waals surface area contributed by atoms with E-state index in [0.29, 0.717) is 11.3 Å². The highest BCUT2D eigenvalue weighted by Gasteiger charge is 2.29. The monoisotopic (exact) mass is 481 g/mol. The summed E-state index contributed by atoms with van der Waals surface area (Å²) in [5.74, 6) is 0.103. The van der Waals surface area contributed by atoms with Crippen LogP contribution in [0.4, 0.5) is 17.1 Å². The van der Waals surface area contributed by atoms with Crippen LogP contribution in [-0.4, -0.2) is 47.9 Å². The van der Waals surface area contributed by atoms with Gasteiger partial charge in [-0.05, 0) is 79.6 Å². The van der Waals surface area contributed by atoms with E-state index in [1.807, 2.05) is 71.4 Å². The molecule has 0 radical (unpaired) electrons. The number of aromatic nitrogens is 2.